The molecule has 1 aromatic heterocycles. The van der Waals surface area contributed by atoms with E-state index in [1.807, 2.05) is 26.8 Å². The summed E-state index contributed by atoms with van der Waals surface area (Å²) in [5, 5.41) is 4.36. The topological polar surface area (TPSA) is 43.8 Å². The van der Waals surface area contributed by atoms with Crippen LogP contribution in [0.5, 0.6) is 0 Å². The second-order valence-electron chi connectivity index (χ2n) is 4.36. The maximum Gasteiger partial charge on any atom is 0.149 e. The van der Waals surface area contributed by atoms with Crippen molar-refractivity contribution in [3.63, 3.8) is 0 Å². The van der Waals surface area contributed by atoms with Crippen LogP contribution in [0.25, 0.3) is 5.69 Å². The van der Waals surface area contributed by atoms with Crippen molar-refractivity contribution in [2.24, 2.45) is 5.73 Å². The molecule has 1 aromatic carbocycles. The van der Waals surface area contributed by atoms with Crippen LogP contribution in [0.3, 0.4) is 0 Å². The number of aryl methyl sites for hydroxylation is 1. The van der Waals surface area contributed by atoms with Gasteiger partial charge in [0.2, 0.25) is 0 Å². The van der Waals surface area contributed by atoms with E-state index in [1.54, 1.807) is 10.7 Å². The molecular formula is C13H15BrFN3. The molecule has 0 radical (unpaired) electrons. The van der Waals surface area contributed by atoms with Crippen LogP contribution in [-0.2, 0) is 0 Å². The van der Waals surface area contributed by atoms with Crippen molar-refractivity contribution in [1.29, 1.82) is 0 Å². The predicted molar refractivity (Wildman–Crippen MR) is 73.3 cm³/mol. The summed E-state index contributed by atoms with van der Waals surface area (Å²) in [6.07, 6.45) is 0. The second kappa shape index (κ2) is 4.82. The second-order valence-corrected chi connectivity index (χ2v) is 5.16. The fourth-order valence-corrected chi connectivity index (χ4v) is 2.21. The lowest BCUT2D eigenvalue weighted by Crippen LogP contribution is -2.13. The third-order valence-electron chi connectivity index (χ3n) is 2.92. The molecule has 1 unspecified atom stereocenters. The van der Waals surface area contributed by atoms with Gasteiger partial charge < -0.3 is 5.73 Å². The third-order valence-corrected chi connectivity index (χ3v) is 4.07. The lowest BCUT2D eigenvalue weighted by atomic mass is 10.1. The molecule has 5 heteroatoms. The molecule has 1 heterocycles. The number of nitrogens with zero attached hydrogens (tertiary/aromatic N) is 2. The molecule has 0 amide bonds. The van der Waals surface area contributed by atoms with Crippen LogP contribution in [0.2, 0.25) is 0 Å². The minimum absolute atomic E-state index is 0.251. The highest BCUT2D eigenvalue weighted by Gasteiger charge is 2.18. The van der Waals surface area contributed by atoms with E-state index in [-0.39, 0.29) is 11.9 Å². The quantitative estimate of drug-likeness (QED) is 0.923. The average Bonchev–Trinajstić information content (AvgIpc) is 2.56. The molecule has 2 aromatic rings. The highest BCUT2D eigenvalue weighted by Crippen LogP contribution is 2.28. The van der Waals surface area contributed by atoms with Crippen molar-refractivity contribution in [2.45, 2.75) is 26.8 Å². The first-order valence-electron chi connectivity index (χ1n) is 5.69. The summed E-state index contributed by atoms with van der Waals surface area (Å²) in [6, 6.07) is 4.66. The van der Waals surface area contributed by atoms with Crippen molar-refractivity contribution in [1.82, 2.24) is 9.78 Å². The smallest absolute Gasteiger partial charge is 0.149 e. The first-order valence-corrected chi connectivity index (χ1v) is 6.49. The molecule has 1 atom stereocenters. The van der Waals surface area contributed by atoms with E-state index in [2.05, 4.69) is 21.0 Å². The van der Waals surface area contributed by atoms with Gasteiger partial charge in [0.1, 0.15) is 11.5 Å². The van der Waals surface area contributed by atoms with Crippen molar-refractivity contribution in [3.8, 4) is 5.69 Å². The maximum atomic E-state index is 14.1. The molecule has 18 heavy (non-hydrogen) atoms. The Hall–Kier alpha value is -1.20. The molecule has 0 spiro atoms. The molecule has 0 aliphatic carbocycles. The SMILES string of the molecule is Cc1nn(-c2c(F)cccc2C(C)N)c(C)c1Br. The molecule has 96 valence electrons. The Balaban J connectivity index is 2.74. The fourth-order valence-electron chi connectivity index (χ4n) is 1.96. The summed E-state index contributed by atoms with van der Waals surface area (Å²) in [5.74, 6) is -0.317. The van der Waals surface area contributed by atoms with Crippen LogP contribution in [0.15, 0.2) is 22.7 Å². The molecule has 2 rings (SSSR count). The molecule has 0 fully saturated rings. The van der Waals surface area contributed by atoms with E-state index in [0.717, 1.165) is 21.4 Å². The summed E-state index contributed by atoms with van der Waals surface area (Å²) in [6.45, 7) is 5.60. The van der Waals surface area contributed by atoms with Gasteiger partial charge in [-0.25, -0.2) is 9.07 Å². The zero-order valence-electron chi connectivity index (χ0n) is 10.5. The number of halogens is 2. The normalized spacial score (nSPS) is 12.8. The largest absolute Gasteiger partial charge is 0.324 e. The van der Waals surface area contributed by atoms with E-state index in [4.69, 9.17) is 5.73 Å². The van der Waals surface area contributed by atoms with E-state index in [9.17, 15) is 4.39 Å². The molecule has 0 saturated carbocycles. The van der Waals surface area contributed by atoms with Crippen LogP contribution in [0.4, 0.5) is 4.39 Å². The Morgan fingerprint density at radius 2 is 2.06 bits per heavy atom. The lowest BCUT2D eigenvalue weighted by Gasteiger charge is -2.14. The summed E-state index contributed by atoms with van der Waals surface area (Å²) >= 11 is 3.45. The Labute approximate surface area is 114 Å². The van der Waals surface area contributed by atoms with E-state index >= 15 is 0 Å². The van der Waals surface area contributed by atoms with Crippen molar-refractivity contribution < 1.29 is 4.39 Å². The Kier molecular flexibility index (Phi) is 3.54. The summed E-state index contributed by atoms with van der Waals surface area (Å²) in [7, 11) is 0. The van der Waals surface area contributed by atoms with Crippen LogP contribution < -0.4 is 5.73 Å². The van der Waals surface area contributed by atoms with E-state index in [1.165, 1.54) is 6.07 Å². The molecule has 0 aliphatic rings. The lowest BCUT2D eigenvalue weighted by molar-refractivity contribution is 0.599. The number of aromatic nitrogens is 2. The van der Waals surface area contributed by atoms with Crippen LogP contribution in [-0.4, -0.2) is 9.78 Å². The predicted octanol–water partition coefficient (Wildman–Crippen LogP) is 3.41. The van der Waals surface area contributed by atoms with Crippen molar-refractivity contribution in [2.75, 3.05) is 0 Å². The summed E-state index contributed by atoms with van der Waals surface area (Å²) in [4.78, 5) is 0. The molecule has 2 N–H and O–H groups in total. The van der Waals surface area contributed by atoms with Crippen molar-refractivity contribution in [3.05, 3.63) is 45.4 Å². The Morgan fingerprint density at radius 1 is 1.39 bits per heavy atom. The fraction of sp³-hybridized carbons (Fsp3) is 0.308. The molecule has 0 saturated heterocycles. The zero-order valence-corrected chi connectivity index (χ0v) is 12.1. The molecule has 0 aliphatic heterocycles. The number of hydrogen-bond donors (Lipinski definition) is 1. The minimum atomic E-state index is -0.317. The van der Waals surface area contributed by atoms with Gasteiger partial charge in [-0.05, 0) is 48.3 Å². The monoisotopic (exact) mass is 311 g/mol. The third kappa shape index (κ3) is 2.08. The van der Waals surface area contributed by atoms with Crippen LogP contribution in [0, 0.1) is 19.7 Å². The number of benzene rings is 1. The first-order chi connectivity index (χ1) is 8.43. The number of hydrogen-bond acceptors (Lipinski definition) is 2. The standard InChI is InChI=1S/C13H15BrFN3/c1-7(16)10-5-4-6-11(15)13(10)18-9(3)12(14)8(2)17-18/h4-7H,16H2,1-3H3. The van der Waals surface area contributed by atoms with Crippen molar-refractivity contribution >= 4 is 15.9 Å². The molecule has 3 nitrogen and oxygen atoms in total. The van der Waals surface area contributed by atoms with Gasteiger partial charge in [-0.3, -0.25) is 0 Å². The highest BCUT2D eigenvalue weighted by molar-refractivity contribution is 9.10. The van der Waals surface area contributed by atoms with Gasteiger partial charge in [0.25, 0.3) is 0 Å². The number of rotatable bonds is 2. The van der Waals surface area contributed by atoms with Crippen LogP contribution >= 0.6 is 15.9 Å². The maximum absolute atomic E-state index is 14.1. The molecule has 0 bridgehead atoms. The average molecular weight is 312 g/mol. The summed E-state index contributed by atoms with van der Waals surface area (Å²) in [5.41, 5.74) is 8.76. The zero-order chi connectivity index (χ0) is 13.4. The number of para-hydroxylation sites is 1. The van der Waals surface area contributed by atoms with Gasteiger partial charge in [0.05, 0.1) is 15.9 Å². The van der Waals surface area contributed by atoms with E-state index < -0.39 is 0 Å². The Morgan fingerprint density at radius 3 is 2.56 bits per heavy atom. The van der Waals surface area contributed by atoms with Gasteiger partial charge in [0, 0.05) is 6.04 Å². The van der Waals surface area contributed by atoms with Gasteiger partial charge in [-0.2, -0.15) is 5.10 Å². The summed E-state index contributed by atoms with van der Waals surface area (Å²) < 4.78 is 16.6. The first kappa shape index (κ1) is 13.2. The highest BCUT2D eigenvalue weighted by atomic mass is 79.9. The number of nitrogens with two attached hydrogens (primary N) is 1. The van der Waals surface area contributed by atoms with Gasteiger partial charge in [-0.1, -0.05) is 12.1 Å². The van der Waals surface area contributed by atoms with Crippen LogP contribution in [0.1, 0.15) is 29.9 Å². The van der Waals surface area contributed by atoms with Gasteiger partial charge in [-0.15, -0.1) is 0 Å². The van der Waals surface area contributed by atoms with E-state index in [0.29, 0.717) is 5.69 Å². The van der Waals surface area contributed by atoms with Gasteiger partial charge in [0.15, 0.2) is 0 Å². The molecular weight excluding hydrogens is 297 g/mol. The minimum Gasteiger partial charge on any atom is -0.324 e. The Bertz CT molecular complexity index is 590. The van der Waals surface area contributed by atoms with Gasteiger partial charge >= 0.3 is 0 Å².